The van der Waals surface area contributed by atoms with Crippen molar-refractivity contribution < 1.29 is 4.42 Å². The quantitative estimate of drug-likeness (QED) is 0.858. The van der Waals surface area contributed by atoms with Crippen LogP contribution in [-0.4, -0.2) is 10.2 Å². The molecule has 2 aromatic rings. The van der Waals surface area contributed by atoms with E-state index in [1.54, 1.807) is 0 Å². The number of hydrogen-bond acceptors (Lipinski definition) is 4. The van der Waals surface area contributed by atoms with E-state index >= 15 is 0 Å². The van der Waals surface area contributed by atoms with E-state index in [1.165, 1.54) is 5.56 Å². The average Bonchev–Trinajstić information content (AvgIpc) is 2.75. The maximum atomic E-state index is 5.38. The van der Waals surface area contributed by atoms with Crippen molar-refractivity contribution in [2.75, 3.05) is 5.73 Å². The molecule has 1 heterocycles. The van der Waals surface area contributed by atoms with Gasteiger partial charge in [0.05, 0.1) is 0 Å². The molecule has 0 saturated carbocycles. The lowest BCUT2D eigenvalue weighted by atomic mass is 9.98. The van der Waals surface area contributed by atoms with Gasteiger partial charge in [-0.3, -0.25) is 0 Å². The standard InChI is InChI=1S/C12H15N3O/c1-3-8(2)9-4-6-10(7-5-9)11-14-15-12(13)16-11/h4-8H,3H2,1-2H3,(H2,13,15). The highest BCUT2D eigenvalue weighted by Gasteiger charge is 2.07. The second-order valence-corrected chi connectivity index (χ2v) is 3.88. The SMILES string of the molecule is CCC(C)c1ccc(-c2nnc(N)o2)cc1. The summed E-state index contributed by atoms with van der Waals surface area (Å²) in [6.07, 6.45) is 1.13. The zero-order chi connectivity index (χ0) is 11.5. The molecule has 0 aliphatic heterocycles. The Morgan fingerprint density at radius 2 is 1.94 bits per heavy atom. The number of hydrogen-bond donors (Lipinski definition) is 1. The van der Waals surface area contributed by atoms with Crippen molar-refractivity contribution in [3.63, 3.8) is 0 Å². The molecule has 1 aromatic carbocycles. The van der Waals surface area contributed by atoms with Crippen LogP contribution >= 0.6 is 0 Å². The molecule has 0 saturated heterocycles. The fourth-order valence-electron chi connectivity index (χ4n) is 1.54. The van der Waals surface area contributed by atoms with Crippen molar-refractivity contribution in [1.29, 1.82) is 0 Å². The zero-order valence-corrected chi connectivity index (χ0v) is 9.47. The van der Waals surface area contributed by atoms with Crippen LogP contribution in [0.25, 0.3) is 11.5 Å². The molecule has 4 heteroatoms. The van der Waals surface area contributed by atoms with E-state index in [9.17, 15) is 0 Å². The molecule has 0 bridgehead atoms. The van der Waals surface area contributed by atoms with Gasteiger partial charge in [-0.2, -0.15) is 0 Å². The molecule has 84 valence electrons. The predicted molar refractivity (Wildman–Crippen MR) is 62.9 cm³/mol. The molecule has 0 aliphatic carbocycles. The van der Waals surface area contributed by atoms with Crippen molar-refractivity contribution in [2.45, 2.75) is 26.2 Å². The van der Waals surface area contributed by atoms with Crippen LogP contribution in [-0.2, 0) is 0 Å². The minimum atomic E-state index is 0.0982. The molecule has 1 atom stereocenters. The van der Waals surface area contributed by atoms with Crippen LogP contribution in [0.5, 0.6) is 0 Å². The number of benzene rings is 1. The largest absolute Gasteiger partial charge is 0.404 e. The van der Waals surface area contributed by atoms with Crippen molar-refractivity contribution in [3.05, 3.63) is 29.8 Å². The molecule has 0 fully saturated rings. The number of rotatable bonds is 3. The van der Waals surface area contributed by atoms with E-state index in [4.69, 9.17) is 10.2 Å². The van der Waals surface area contributed by atoms with Crippen molar-refractivity contribution in [1.82, 2.24) is 10.2 Å². The van der Waals surface area contributed by atoms with Crippen LogP contribution in [0.4, 0.5) is 6.01 Å². The van der Waals surface area contributed by atoms with Crippen LogP contribution < -0.4 is 5.73 Å². The molecular weight excluding hydrogens is 202 g/mol. The smallest absolute Gasteiger partial charge is 0.313 e. The zero-order valence-electron chi connectivity index (χ0n) is 9.47. The molecular formula is C12H15N3O. The Labute approximate surface area is 94.5 Å². The fraction of sp³-hybridized carbons (Fsp3) is 0.333. The second kappa shape index (κ2) is 4.35. The molecule has 1 unspecified atom stereocenters. The Bertz CT molecular complexity index is 461. The van der Waals surface area contributed by atoms with E-state index in [1.807, 2.05) is 12.1 Å². The Morgan fingerprint density at radius 3 is 2.44 bits per heavy atom. The summed E-state index contributed by atoms with van der Waals surface area (Å²) in [7, 11) is 0. The lowest BCUT2D eigenvalue weighted by Crippen LogP contribution is -1.90. The van der Waals surface area contributed by atoms with E-state index in [-0.39, 0.29) is 6.01 Å². The maximum absolute atomic E-state index is 5.38. The van der Waals surface area contributed by atoms with E-state index in [0.717, 1.165) is 12.0 Å². The fourth-order valence-corrected chi connectivity index (χ4v) is 1.54. The Kier molecular flexibility index (Phi) is 2.90. The van der Waals surface area contributed by atoms with Gasteiger partial charge in [0, 0.05) is 5.56 Å². The molecule has 0 radical (unpaired) electrons. The molecule has 0 aliphatic rings. The summed E-state index contributed by atoms with van der Waals surface area (Å²) in [5.41, 5.74) is 7.59. The lowest BCUT2D eigenvalue weighted by molar-refractivity contribution is 0.590. The second-order valence-electron chi connectivity index (χ2n) is 3.88. The highest BCUT2D eigenvalue weighted by molar-refractivity contribution is 5.53. The summed E-state index contributed by atoms with van der Waals surface area (Å²) in [6.45, 7) is 4.39. The molecule has 2 rings (SSSR count). The molecule has 4 nitrogen and oxygen atoms in total. The average molecular weight is 217 g/mol. The molecule has 1 aromatic heterocycles. The first-order chi connectivity index (χ1) is 7.70. The molecule has 0 amide bonds. The number of nitrogens with zero attached hydrogens (tertiary/aromatic N) is 2. The van der Waals surface area contributed by atoms with E-state index in [0.29, 0.717) is 11.8 Å². The van der Waals surface area contributed by atoms with Crippen molar-refractivity contribution in [2.24, 2.45) is 0 Å². The first-order valence-corrected chi connectivity index (χ1v) is 5.40. The third-order valence-electron chi connectivity index (χ3n) is 2.78. The summed E-state index contributed by atoms with van der Waals surface area (Å²) in [5.74, 6) is 1.04. The van der Waals surface area contributed by atoms with Crippen LogP contribution in [0.3, 0.4) is 0 Å². The van der Waals surface area contributed by atoms with Crippen molar-refractivity contribution in [3.8, 4) is 11.5 Å². The Morgan fingerprint density at radius 1 is 1.25 bits per heavy atom. The minimum absolute atomic E-state index is 0.0982. The van der Waals surface area contributed by atoms with Crippen molar-refractivity contribution >= 4 is 6.01 Å². The highest BCUT2D eigenvalue weighted by atomic mass is 16.4. The van der Waals surface area contributed by atoms with Gasteiger partial charge in [-0.1, -0.05) is 31.1 Å². The highest BCUT2D eigenvalue weighted by Crippen LogP contribution is 2.23. The predicted octanol–water partition coefficient (Wildman–Crippen LogP) is 2.83. The van der Waals surface area contributed by atoms with Gasteiger partial charge >= 0.3 is 6.01 Å². The van der Waals surface area contributed by atoms with Gasteiger partial charge in [0.2, 0.25) is 5.89 Å². The molecule has 16 heavy (non-hydrogen) atoms. The van der Waals surface area contributed by atoms with Gasteiger partial charge in [0.1, 0.15) is 0 Å². The van der Waals surface area contributed by atoms with Crippen LogP contribution in [0.2, 0.25) is 0 Å². The lowest BCUT2D eigenvalue weighted by Gasteiger charge is -2.08. The van der Waals surface area contributed by atoms with Gasteiger partial charge in [-0.25, -0.2) is 0 Å². The van der Waals surface area contributed by atoms with E-state index in [2.05, 4.69) is 36.2 Å². The first kappa shape index (κ1) is 10.7. The van der Waals surface area contributed by atoms with Crippen LogP contribution in [0.15, 0.2) is 28.7 Å². The summed E-state index contributed by atoms with van der Waals surface area (Å²) in [5, 5.41) is 7.47. The van der Waals surface area contributed by atoms with Crippen LogP contribution in [0, 0.1) is 0 Å². The van der Waals surface area contributed by atoms with Gasteiger partial charge < -0.3 is 10.2 Å². The maximum Gasteiger partial charge on any atom is 0.313 e. The number of nitrogens with two attached hydrogens (primary N) is 1. The molecule has 0 spiro atoms. The third kappa shape index (κ3) is 2.05. The first-order valence-electron chi connectivity index (χ1n) is 5.40. The summed E-state index contributed by atoms with van der Waals surface area (Å²) < 4.78 is 5.15. The van der Waals surface area contributed by atoms with Gasteiger partial charge in [-0.05, 0) is 30.0 Å². The molecule has 2 N–H and O–H groups in total. The van der Waals surface area contributed by atoms with Crippen LogP contribution in [0.1, 0.15) is 31.7 Å². The van der Waals surface area contributed by atoms with E-state index < -0.39 is 0 Å². The normalized spacial score (nSPS) is 12.6. The number of anilines is 1. The monoisotopic (exact) mass is 217 g/mol. The van der Waals surface area contributed by atoms with Gasteiger partial charge in [0.15, 0.2) is 0 Å². The Balaban J connectivity index is 2.25. The minimum Gasteiger partial charge on any atom is -0.404 e. The topological polar surface area (TPSA) is 64.9 Å². The number of nitrogen functional groups attached to an aromatic ring is 1. The summed E-state index contributed by atoms with van der Waals surface area (Å²) in [4.78, 5) is 0. The van der Waals surface area contributed by atoms with Gasteiger partial charge in [0.25, 0.3) is 0 Å². The Hall–Kier alpha value is -1.84. The number of aromatic nitrogens is 2. The summed E-state index contributed by atoms with van der Waals surface area (Å²) in [6, 6.07) is 8.23. The van der Waals surface area contributed by atoms with Gasteiger partial charge in [-0.15, -0.1) is 5.10 Å². The summed E-state index contributed by atoms with van der Waals surface area (Å²) >= 11 is 0. The third-order valence-corrected chi connectivity index (χ3v) is 2.78.